The van der Waals surface area contributed by atoms with Crippen LogP contribution in [0, 0.1) is 10.1 Å². The van der Waals surface area contributed by atoms with Crippen LogP contribution in [0.2, 0.25) is 5.02 Å². The SMILES string of the molecule is CCCCCn1nc(C(=O)OC(C)C(=O)Nc2cc([N+](=O)[O-])ccc2Cl)c2ccccc2c1=O. The van der Waals surface area contributed by atoms with Crippen molar-refractivity contribution in [3.8, 4) is 0 Å². The van der Waals surface area contributed by atoms with E-state index < -0.39 is 22.9 Å². The number of esters is 1. The van der Waals surface area contributed by atoms with Crippen LogP contribution >= 0.6 is 11.6 Å². The zero-order valence-corrected chi connectivity index (χ0v) is 19.4. The molecule has 1 heterocycles. The smallest absolute Gasteiger partial charge is 0.360 e. The van der Waals surface area contributed by atoms with Gasteiger partial charge in [-0.15, -0.1) is 0 Å². The van der Waals surface area contributed by atoms with E-state index in [0.29, 0.717) is 17.3 Å². The third kappa shape index (κ3) is 5.57. The van der Waals surface area contributed by atoms with E-state index in [4.69, 9.17) is 16.3 Å². The number of unbranched alkanes of at least 4 members (excludes halogenated alkanes) is 2. The van der Waals surface area contributed by atoms with Gasteiger partial charge in [0.15, 0.2) is 11.8 Å². The molecule has 10 nitrogen and oxygen atoms in total. The molecule has 0 bridgehead atoms. The highest BCUT2D eigenvalue weighted by Gasteiger charge is 2.24. The number of hydrogen-bond acceptors (Lipinski definition) is 7. The maximum Gasteiger partial charge on any atom is 0.360 e. The van der Waals surface area contributed by atoms with Crippen LogP contribution in [0.3, 0.4) is 0 Å². The van der Waals surface area contributed by atoms with E-state index >= 15 is 0 Å². The average molecular weight is 487 g/mol. The maximum atomic E-state index is 12.9. The highest BCUT2D eigenvalue weighted by atomic mass is 35.5. The summed E-state index contributed by atoms with van der Waals surface area (Å²) in [6.07, 6.45) is 1.30. The molecule has 1 amide bonds. The third-order valence-electron chi connectivity index (χ3n) is 5.11. The Morgan fingerprint density at radius 2 is 1.91 bits per heavy atom. The topological polar surface area (TPSA) is 133 Å². The lowest BCUT2D eigenvalue weighted by atomic mass is 10.1. The van der Waals surface area contributed by atoms with Crippen LogP contribution in [-0.4, -0.2) is 32.7 Å². The molecular formula is C23H23ClN4O6. The van der Waals surface area contributed by atoms with Crippen LogP contribution in [0.4, 0.5) is 11.4 Å². The Morgan fingerprint density at radius 3 is 2.59 bits per heavy atom. The number of halogens is 1. The number of fused-ring (bicyclic) bond motifs is 1. The molecule has 1 unspecified atom stereocenters. The highest BCUT2D eigenvalue weighted by molar-refractivity contribution is 6.33. The highest BCUT2D eigenvalue weighted by Crippen LogP contribution is 2.27. The van der Waals surface area contributed by atoms with Gasteiger partial charge in [-0.2, -0.15) is 5.10 Å². The second-order valence-electron chi connectivity index (χ2n) is 7.59. The quantitative estimate of drug-likeness (QED) is 0.206. The van der Waals surface area contributed by atoms with Crippen LogP contribution in [0.1, 0.15) is 43.6 Å². The lowest BCUT2D eigenvalue weighted by molar-refractivity contribution is -0.384. The summed E-state index contributed by atoms with van der Waals surface area (Å²) in [4.78, 5) is 48.6. The molecule has 0 aliphatic carbocycles. The largest absolute Gasteiger partial charge is 0.448 e. The zero-order valence-electron chi connectivity index (χ0n) is 18.6. The first kappa shape index (κ1) is 24.8. The van der Waals surface area contributed by atoms with Crippen LogP contribution in [-0.2, 0) is 16.1 Å². The zero-order chi connectivity index (χ0) is 24.8. The number of benzene rings is 2. The van der Waals surface area contributed by atoms with Crippen molar-refractivity contribution in [3.63, 3.8) is 0 Å². The van der Waals surface area contributed by atoms with Gasteiger partial charge < -0.3 is 10.1 Å². The van der Waals surface area contributed by atoms with Gasteiger partial charge in [-0.25, -0.2) is 9.48 Å². The van der Waals surface area contributed by atoms with Crippen LogP contribution in [0.5, 0.6) is 0 Å². The second kappa shape index (κ2) is 10.9. The van der Waals surface area contributed by atoms with Crippen molar-refractivity contribution >= 4 is 45.6 Å². The number of carbonyl (C=O) groups excluding carboxylic acids is 2. The van der Waals surface area contributed by atoms with E-state index in [0.717, 1.165) is 25.3 Å². The lowest BCUT2D eigenvalue weighted by Crippen LogP contribution is -2.32. The van der Waals surface area contributed by atoms with E-state index in [9.17, 15) is 24.5 Å². The number of nitrogens with zero attached hydrogens (tertiary/aromatic N) is 3. The fraction of sp³-hybridized carbons (Fsp3) is 0.304. The van der Waals surface area contributed by atoms with Crippen molar-refractivity contribution in [1.82, 2.24) is 9.78 Å². The van der Waals surface area contributed by atoms with Gasteiger partial charge in [0.2, 0.25) is 0 Å². The lowest BCUT2D eigenvalue weighted by Gasteiger charge is -2.15. The van der Waals surface area contributed by atoms with Crippen LogP contribution in [0.25, 0.3) is 10.8 Å². The first-order valence-electron chi connectivity index (χ1n) is 10.7. The number of carbonyl (C=O) groups is 2. The summed E-state index contributed by atoms with van der Waals surface area (Å²) in [5, 5.41) is 18.3. The Kier molecular flexibility index (Phi) is 7.95. The monoisotopic (exact) mass is 486 g/mol. The van der Waals surface area contributed by atoms with Gasteiger partial charge in [0, 0.05) is 24.1 Å². The maximum absolute atomic E-state index is 12.9. The Balaban J connectivity index is 1.83. The summed E-state index contributed by atoms with van der Waals surface area (Å²) in [6, 6.07) is 10.1. The fourth-order valence-electron chi connectivity index (χ4n) is 3.28. The van der Waals surface area contributed by atoms with Crippen molar-refractivity contribution in [2.45, 2.75) is 45.8 Å². The predicted molar refractivity (Wildman–Crippen MR) is 127 cm³/mol. The average Bonchev–Trinajstić information content (AvgIpc) is 2.81. The molecule has 0 aliphatic heterocycles. The molecule has 0 radical (unpaired) electrons. The number of anilines is 1. The summed E-state index contributed by atoms with van der Waals surface area (Å²) in [5.41, 5.74) is -0.642. The Hall–Kier alpha value is -3.79. The first-order chi connectivity index (χ1) is 16.2. The molecule has 2 aromatic carbocycles. The number of ether oxygens (including phenoxy) is 1. The Bertz CT molecular complexity index is 1310. The normalized spacial score (nSPS) is 11.7. The minimum Gasteiger partial charge on any atom is -0.448 e. The molecule has 178 valence electrons. The molecule has 3 rings (SSSR count). The molecule has 0 fully saturated rings. The minimum atomic E-state index is -1.27. The second-order valence-corrected chi connectivity index (χ2v) is 7.99. The standard InChI is InChI=1S/C23H23ClN4O6/c1-3-4-7-12-27-22(30)17-9-6-5-8-16(17)20(26-27)23(31)34-14(2)21(29)25-19-13-15(28(32)33)10-11-18(19)24/h5-6,8-11,13-14H,3-4,7,12H2,1-2H3,(H,25,29). The van der Waals surface area contributed by atoms with Gasteiger partial charge in [0.05, 0.1) is 21.0 Å². The van der Waals surface area contributed by atoms with E-state index in [1.807, 2.05) is 6.92 Å². The molecule has 0 saturated heterocycles. The molecule has 1 N–H and O–H groups in total. The van der Waals surface area contributed by atoms with Gasteiger partial charge in [-0.3, -0.25) is 19.7 Å². The molecular weight excluding hydrogens is 464 g/mol. The summed E-state index contributed by atoms with van der Waals surface area (Å²) >= 11 is 6.01. The molecule has 0 aliphatic rings. The Labute approximate surface area is 199 Å². The van der Waals surface area contributed by atoms with Gasteiger partial charge in [-0.1, -0.05) is 49.6 Å². The number of amides is 1. The van der Waals surface area contributed by atoms with E-state index in [1.165, 1.54) is 23.7 Å². The first-order valence-corrected chi connectivity index (χ1v) is 11.1. The molecule has 11 heteroatoms. The molecule has 3 aromatic rings. The Morgan fingerprint density at radius 1 is 1.21 bits per heavy atom. The molecule has 0 spiro atoms. The minimum absolute atomic E-state index is 0.0109. The molecule has 1 atom stereocenters. The van der Waals surface area contributed by atoms with Gasteiger partial charge in [0.1, 0.15) is 0 Å². The third-order valence-corrected chi connectivity index (χ3v) is 5.44. The van der Waals surface area contributed by atoms with Crippen molar-refractivity contribution in [2.24, 2.45) is 0 Å². The van der Waals surface area contributed by atoms with Crippen molar-refractivity contribution in [3.05, 3.63) is 73.6 Å². The van der Waals surface area contributed by atoms with E-state index in [-0.39, 0.29) is 27.7 Å². The summed E-state index contributed by atoms with van der Waals surface area (Å²) in [5.74, 6) is -1.62. The van der Waals surface area contributed by atoms with Crippen molar-refractivity contribution in [1.29, 1.82) is 0 Å². The number of hydrogen-bond donors (Lipinski definition) is 1. The van der Waals surface area contributed by atoms with Gasteiger partial charge >= 0.3 is 5.97 Å². The summed E-state index contributed by atoms with van der Waals surface area (Å²) in [7, 11) is 0. The summed E-state index contributed by atoms with van der Waals surface area (Å²) in [6.45, 7) is 3.73. The molecule has 0 saturated carbocycles. The van der Waals surface area contributed by atoms with E-state index in [2.05, 4.69) is 10.4 Å². The number of aryl methyl sites for hydroxylation is 1. The molecule has 34 heavy (non-hydrogen) atoms. The van der Waals surface area contributed by atoms with Gasteiger partial charge in [-0.05, 0) is 25.5 Å². The van der Waals surface area contributed by atoms with Crippen LogP contribution < -0.4 is 10.9 Å². The fourth-order valence-corrected chi connectivity index (χ4v) is 3.44. The summed E-state index contributed by atoms with van der Waals surface area (Å²) < 4.78 is 6.55. The number of nitrogens with one attached hydrogen (secondary N) is 1. The predicted octanol–water partition coefficient (Wildman–Crippen LogP) is 4.33. The number of aromatic nitrogens is 2. The number of non-ortho nitro benzene ring substituents is 1. The van der Waals surface area contributed by atoms with Gasteiger partial charge in [0.25, 0.3) is 17.2 Å². The number of rotatable bonds is 9. The molecule has 1 aromatic heterocycles. The number of nitro groups is 1. The van der Waals surface area contributed by atoms with Crippen LogP contribution in [0.15, 0.2) is 47.3 Å². The van der Waals surface area contributed by atoms with Crippen molar-refractivity contribution < 1.29 is 19.2 Å². The number of nitro benzene ring substituents is 1. The van der Waals surface area contributed by atoms with E-state index in [1.54, 1.807) is 24.3 Å². The van der Waals surface area contributed by atoms with Crippen molar-refractivity contribution in [2.75, 3.05) is 5.32 Å².